The summed E-state index contributed by atoms with van der Waals surface area (Å²) in [6, 6.07) is 0.816. The fourth-order valence-electron chi connectivity index (χ4n) is 1.29. The molecule has 7 heteroatoms. The van der Waals surface area contributed by atoms with E-state index in [0.717, 1.165) is 6.39 Å². The number of hydrogen-bond acceptors (Lipinski definition) is 3. The van der Waals surface area contributed by atoms with E-state index < -0.39 is 40.4 Å². The SMILES string of the molecule is O=C(O)c1ncoc1-c1cc(F)c(F)cc1F. The maximum absolute atomic E-state index is 13.3. The Balaban J connectivity index is 2.64. The second-order valence-corrected chi connectivity index (χ2v) is 3.08. The molecule has 1 aromatic carbocycles. The van der Waals surface area contributed by atoms with Crippen molar-refractivity contribution in [2.45, 2.75) is 0 Å². The molecule has 0 amide bonds. The summed E-state index contributed by atoms with van der Waals surface area (Å²) in [5, 5.41) is 8.72. The highest BCUT2D eigenvalue weighted by molar-refractivity contribution is 5.92. The Morgan fingerprint density at radius 3 is 2.47 bits per heavy atom. The van der Waals surface area contributed by atoms with Gasteiger partial charge in [0.15, 0.2) is 29.5 Å². The monoisotopic (exact) mass is 243 g/mol. The van der Waals surface area contributed by atoms with Gasteiger partial charge in [0.05, 0.1) is 5.56 Å². The van der Waals surface area contributed by atoms with E-state index in [4.69, 9.17) is 5.11 Å². The highest BCUT2D eigenvalue weighted by Gasteiger charge is 2.21. The van der Waals surface area contributed by atoms with Gasteiger partial charge in [-0.05, 0) is 6.07 Å². The Morgan fingerprint density at radius 1 is 1.18 bits per heavy atom. The molecule has 0 saturated heterocycles. The van der Waals surface area contributed by atoms with E-state index in [1.165, 1.54) is 0 Å². The van der Waals surface area contributed by atoms with Gasteiger partial charge in [0.2, 0.25) is 0 Å². The molecule has 1 N–H and O–H groups in total. The largest absolute Gasteiger partial charge is 0.476 e. The maximum Gasteiger partial charge on any atom is 0.358 e. The third kappa shape index (κ3) is 1.86. The molecule has 0 aliphatic carbocycles. The standard InChI is InChI=1S/C10H4F3NO3/c11-5-2-7(13)6(12)1-4(5)9-8(10(15)16)14-3-17-9/h1-3H,(H,15,16). The fourth-order valence-corrected chi connectivity index (χ4v) is 1.29. The van der Waals surface area contributed by atoms with Gasteiger partial charge in [-0.15, -0.1) is 0 Å². The van der Waals surface area contributed by atoms with Crippen molar-refractivity contribution >= 4 is 5.97 Å². The van der Waals surface area contributed by atoms with Gasteiger partial charge in [-0.2, -0.15) is 0 Å². The molecule has 0 spiro atoms. The lowest BCUT2D eigenvalue weighted by molar-refractivity contribution is 0.0691. The minimum absolute atomic E-state index is 0.304. The summed E-state index contributed by atoms with van der Waals surface area (Å²) in [6.45, 7) is 0. The van der Waals surface area contributed by atoms with Crippen LogP contribution in [-0.2, 0) is 0 Å². The number of aromatic carboxylic acids is 1. The number of carboxylic acids is 1. The van der Waals surface area contributed by atoms with Crippen molar-refractivity contribution in [3.63, 3.8) is 0 Å². The van der Waals surface area contributed by atoms with Crippen molar-refractivity contribution in [2.75, 3.05) is 0 Å². The second-order valence-electron chi connectivity index (χ2n) is 3.08. The molecule has 0 aliphatic heterocycles. The van der Waals surface area contributed by atoms with Gasteiger partial charge >= 0.3 is 5.97 Å². The predicted octanol–water partition coefficient (Wildman–Crippen LogP) is 2.46. The summed E-state index contributed by atoms with van der Waals surface area (Å²) in [4.78, 5) is 14.0. The molecule has 1 aromatic heterocycles. The van der Waals surface area contributed by atoms with Crippen LogP contribution in [0.5, 0.6) is 0 Å². The number of benzene rings is 1. The number of hydrogen-bond donors (Lipinski definition) is 1. The summed E-state index contributed by atoms with van der Waals surface area (Å²) < 4.78 is 43.6. The summed E-state index contributed by atoms with van der Waals surface area (Å²) in [5.74, 6) is -5.74. The Labute approximate surface area is 92.3 Å². The van der Waals surface area contributed by atoms with Crippen LogP contribution in [0.15, 0.2) is 22.9 Å². The molecule has 1 heterocycles. The molecule has 0 bridgehead atoms. The first-order valence-electron chi connectivity index (χ1n) is 4.32. The third-order valence-electron chi connectivity index (χ3n) is 2.02. The van der Waals surface area contributed by atoms with Crippen LogP contribution in [0.4, 0.5) is 13.2 Å². The van der Waals surface area contributed by atoms with E-state index in [0.29, 0.717) is 12.1 Å². The lowest BCUT2D eigenvalue weighted by Gasteiger charge is -2.01. The van der Waals surface area contributed by atoms with Crippen LogP contribution in [-0.4, -0.2) is 16.1 Å². The minimum Gasteiger partial charge on any atom is -0.476 e. The van der Waals surface area contributed by atoms with Crippen LogP contribution in [0.3, 0.4) is 0 Å². The van der Waals surface area contributed by atoms with Crippen molar-refractivity contribution in [3.05, 3.63) is 41.7 Å². The number of oxazole rings is 1. The summed E-state index contributed by atoms with van der Waals surface area (Å²) >= 11 is 0. The first-order chi connectivity index (χ1) is 8.00. The molecule has 0 aliphatic rings. The lowest BCUT2D eigenvalue weighted by atomic mass is 10.1. The topological polar surface area (TPSA) is 63.3 Å². The smallest absolute Gasteiger partial charge is 0.358 e. The number of halogens is 3. The van der Waals surface area contributed by atoms with E-state index in [1.807, 2.05) is 0 Å². The van der Waals surface area contributed by atoms with Gasteiger partial charge in [0.1, 0.15) is 5.82 Å². The zero-order valence-electron chi connectivity index (χ0n) is 8.08. The molecule has 17 heavy (non-hydrogen) atoms. The molecule has 0 unspecified atom stereocenters. The van der Waals surface area contributed by atoms with E-state index in [1.54, 1.807) is 0 Å². The average molecular weight is 243 g/mol. The van der Waals surface area contributed by atoms with E-state index in [-0.39, 0.29) is 0 Å². The van der Waals surface area contributed by atoms with Crippen molar-refractivity contribution in [1.29, 1.82) is 0 Å². The molecule has 0 radical (unpaired) electrons. The van der Waals surface area contributed by atoms with Crippen LogP contribution in [0, 0.1) is 17.5 Å². The summed E-state index contributed by atoms with van der Waals surface area (Å²) in [5.41, 5.74) is -1.08. The Hall–Kier alpha value is -2.31. The fraction of sp³-hybridized carbons (Fsp3) is 0. The van der Waals surface area contributed by atoms with Gasteiger partial charge in [-0.1, -0.05) is 0 Å². The van der Waals surface area contributed by atoms with Crippen LogP contribution < -0.4 is 0 Å². The molecule has 88 valence electrons. The number of carbonyl (C=O) groups is 1. The van der Waals surface area contributed by atoms with E-state index in [9.17, 15) is 18.0 Å². The van der Waals surface area contributed by atoms with Gasteiger partial charge in [0, 0.05) is 6.07 Å². The number of aromatic nitrogens is 1. The van der Waals surface area contributed by atoms with Crippen LogP contribution in [0.25, 0.3) is 11.3 Å². The van der Waals surface area contributed by atoms with Gasteiger partial charge in [0.25, 0.3) is 0 Å². The van der Waals surface area contributed by atoms with Crippen molar-refractivity contribution < 1.29 is 27.5 Å². The molecule has 2 aromatic rings. The van der Waals surface area contributed by atoms with Crippen LogP contribution in [0.2, 0.25) is 0 Å². The van der Waals surface area contributed by atoms with Gasteiger partial charge in [-0.25, -0.2) is 22.9 Å². The average Bonchev–Trinajstić information content (AvgIpc) is 2.72. The van der Waals surface area contributed by atoms with Gasteiger partial charge < -0.3 is 9.52 Å². The van der Waals surface area contributed by atoms with Crippen molar-refractivity contribution in [3.8, 4) is 11.3 Å². The highest BCUT2D eigenvalue weighted by atomic mass is 19.2. The van der Waals surface area contributed by atoms with Crippen molar-refractivity contribution in [2.24, 2.45) is 0 Å². The van der Waals surface area contributed by atoms with E-state index >= 15 is 0 Å². The molecule has 0 fully saturated rings. The number of carboxylic acid groups (broad SMARTS) is 1. The normalized spacial score (nSPS) is 10.5. The first kappa shape index (κ1) is 11.2. The molecule has 2 rings (SSSR count). The van der Waals surface area contributed by atoms with E-state index in [2.05, 4.69) is 9.40 Å². The third-order valence-corrected chi connectivity index (χ3v) is 2.02. The summed E-state index contributed by atoms with van der Waals surface area (Å²) in [6.07, 6.45) is 0.777. The molecule has 0 atom stereocenters. The first-order valence-corrected chi connectivity index (χ1v) is 4.32. The zero-order valence-corrected chi connectivity index (χ0v) is 8.08. The quantitative estimate of drug-likeness (QED) is 0.823. The predicted molar refractivity (Wildman–Crippen MR) is 48.8 cm³/mol. The van der Waals surface area contributed by atoms with Gasteiger partial charge in [-0.3, -0.25) is 0 Å². The van der Waals surface area contributed by atoms with Crippen LogP contribution in [0.1, 0.15) is 10.5 Å². The Morgan fingerprint density at radius 2 is 1.82 bits per heavy atom. The minimum atomic E-state index is -1.46. The zero-order chi connectivity index (χ0) is 12.6. The summed E-state index contributed by atoms with van der Waals surface area (Å²) in [7, 11) is 0. The molecular weight excluding hydrogens is 239 g/mol. The second kappa shape index (κ2) is 3.93. The molecular formula is C10H4F3NO3. The number of rotatable bonds is 2. The Bertz CT molecular complexity index is 594. The number of nitrogens with zero attached hydrogens (tertiary/aromatic N) is 1. The maximum atomic E-state index is 13.3. The van der Waals surface area contributed by atoms with Crippen LogP contribution >= 0.6 is 0 Å². The lowest BCUT2D eigenvalue weighted by Crippen LogP contribution is -2.00. The molecule has 0 saturated carbocycles. The Kier molecular flexibility index (Phi) is 2.58. The highest BCUT2D eigenvalue weighted by Crippen LogP contribution is 2.27. The van der Waals surface area contributed by atoms with Crippen molar-refractivity contribution in [1.82, 2.24) is 4.98 Å². The molecule has 4 nitrogen and oxygen atoms in total.